The summed E-state index contributed by atoms with van der Waals surface area (Å²) in [4.78, 5) is 4.55. The molecule has 0 saturated carbocycles. The Bertz CT molecular complexity index is 1390. The van der Waals surface area contributed by atoms with Crippen LogP contribution in [0.1, 0.15) is 16.3 Å². The van der Waals surface area contributed by atoms with Crippen molar-refractivity contribution in [3.05, 3.63) is 71.0 Å². The number of aryl methyl sites for hydroxylation is 1. The molecule has 2 aromatic heterocycles. The van der Waals surface area contributed by atoms with Gasteiger partial charge in [-0.1, -0.05) is 17.3 Å². The van der Waals surface area contributed by atoms with Crippen LogP contribution in [0.15, 0.2) is 64.1 Å². The van der Waals surface area contributed by atoms with Crippen molar-refractivity contribution < 1.29 is 12.9 Å². The molecule has 10 heteroatoms. The fraction of sp³-hybridized carbons (Fsp3) is 0.0952. The fourth-order valence-corrected chi connectivity index (χ4v) is 4.68. The molecule has 0 radical (unpaired) electrons. The lowest BCUT2D eigenvalue weighted by atomic mass is 10.3. The van der Waals surface area contributed by atoms with Gasteiger partial charge in [-0.25, -0.2) is 18.1 Å². The van der Waals surface area contributed by atoms with Crippen molar-refractivity contribution in [3.63, 3.8) is 0 Å². The van der Waals surface area contributed by atoms with Crippen LogP contribution in [0.5, 0.6) is 0 Å². The maximum absolute atomic E-state index is 12.6. The molecule has 0 atom stereocenters. The predicted molar refractivity (Wildman–Crippen MR) is 120 cm³/mol. The van der Waals surface area contributed by atoms with E-state index in [4.69, 9.17) is 4.52 Å². The summed E-state index contributed by atoms with van der Waals surface area (Å²) in [6.07, 6.45) is 1.56. The van der Waals surface area contributed by atoms with Crippen molar-refractivity contribution >= 4 is 48.7 Å². The molecule has 2 heterocycles. The number of rotatable bonds is 6. The van der Waals surface area contributed by atoms with Gasteiger partial charge in [-0.3, -0.25) is 0 Å². The van der Waals surface area contributed by atoms with Crippen molar-refractivity contribution in [1.82, 2.24) is 10.1 Å². The Balaban J connectivity index is 1.51. The van der Waals surface area contributed by atoms with Crippen LogP contribution in [0.4, 0.5) is 11.6 Å². The topological polar surface area (TPSA) is 121 Å². The number of benzene rings is 2. The molecular weight excluding hydrogens is 434 g/mol. The molecule has 2 N–H and O–H groups in total. The Labute approximate surface area is 182 Å². The number of aromatic nitrogens is 2. The lowest BCUT2D eigenvalue weighted by Gasteiger charge is -2.07. The van der Waals surface area contributed by atoms with Gasteiger partial charge in [-0.15, -0.1) is 11.3 Å². The number of nitrogens with zero attached hydrogens (tertiary/aromatic N) is 3. The second kappa shape index (κ2) is 8.22. The maximum Gasteiger partial charge on any atom is 0.264 e. The average molecular weight is 452 g/mol. The second-order valence-corrected chi connectivity index (χ2v) is 9.37. The van der Waals surface area contributed by atoms with E-state index < -0.39 is 10.0 Å². The number of hydrogen-bond donors (Lipinski definition) is 2. The van der Waals surface area contributed by atoms with Crippen molar-refractivity contribution in [1.29, 1.82) is 5.26 Å². The summed E-state index contributed by atoms with van der Waals surface area (Å²) in [6.45, 7) is 3.45. The molecule has 156 valence electrons. The number of anilines is 2. The van der Waals surface area contributed by atoms with Crippen LogP contribution in [0.2, 0.25) is 0 Å². The predicted octanol–water partition coefficient (Wildman–Crippen LogP) is 4.68. The van der Waals surface area contributed by atoms with Gasteiger partial charge in [0, 0.05) is 17.5 Å². The first-order valence-electron chi connectivity index (χ1n) is 9.16. The highest BCUT2D eigenvalue weighted by atomic mass is 32.2. The van der Waals surface area contributed by atoms with E-state index in [2.05, 4.69) is 26.2 Å². The van der Waals surface area contributed by atoms with Crippen LogP contribution >= 0.6 is 11.3 Å². The molecule has 4 rings (SSSR count). The first-order chi connectivity index (χ1) is 14.9. The molecule has 0 saturated heterocycles. The Morgan fingerprint density at radius 2 is 1.90 bits per heavy atom. The number of thiazole rings is 1. The zero-order chi connectivity index (χ0) is 22.0. The third-order valence-corrected chi connectivity index (χ3v) is 6.99. The molecule has 4 aromatic rings. The lowest BCUT2D eigenvalue weighted by Crippen LogP contribution is -2.13. The molecule has 31 heavy (non-hydrogen) atoms. The summed E-state index contributed by atoms with van der Waals surface area (Å²) in [5.74, 6) is 0.0946. The molecule has 0 spiro atoms. The number of hydrogen-bond acceptors (Lipinski definition) is 8. The van der Waals surface area contributed by atoms with E-state index in [-0.39, 0.29) is 10.8 Å². The van der Waals surface area contributed by atoms with Gasteiger partial charge >= 0.3 is 0 Å². The Morgan fingerprint density at radius 3 is 2.55 bits per heavy atom. The summed E-state index contributed by atoms with van der Waals surface area (Å²) in [6, 6.07) is 15.9. The van der Waals surface area contributed by atoms with Gasteiger partial charge in [-0.2, -0.15) is 5.26 Å². The van der Waals surface area contributed by atoms with Gasteiger partial charge in [0.1, 0.15) is 16.6 Å². The summed E-state index contributed by atoms with van der Waals surface area (Å²) in [5.41, 5.74) is 3.09. The third-order valence-electron chi connectivity index (χ3n) is 4.58. The quantitative estimate of drug-likeness (QED) is 0.408. The minimum absolute atomic E-state index is 0.0714. The smallest absolute Gasteiger partial charge is 0.264 e. The van der Waals surface area contributed by atoms with Crippen molar-refractivity contribution in [2.75, 3.05) is 10.0 Å². The fourth-order valence-electron chi connectivity index (χ4n) is 2.71. The van der Waals surface area contributed by atoms with Gasteiger partial charge in [-0.05, 0) is 50.2 Å². The van der Waals surface area contributed by atoms with Gasteiger partial charge in [0.2, 0.25) is 5.88 Å². The first kappa shape index (κ1) is 20.6. The van der Waals surface area contributed by atoms with E-state index in [1.807, 2.05) is 24.3 Å². The zero-order valence-electron chi connectivity index (χ0n) is 16.6. The number of nitrogens with one attached hydrogen (secondary N) is 2. The molecule has 0 aliphatic rings. The Morgan fingerprint density at radius 1 is 1.16 bits per heavy atom. The minimum atomic E-state index is -3.82. The SMILES string of the molecule is Cc1noc(NS(=O)(=O)c2ccc(N/C=C(\C#N)c3nc4ccccc4s3)cc2)c1C. The molecule has 0 fully saturated rings. The highest BCUT2D eigenvalue weighted by Crippen LogP contribution is 2.27. The summed E-state index contributed by atoms with van der Waals surface area (Å²) >= 11 is 1.43. The van der Waals surface area contributed by atoms with E-state index >= 15 is 0 Å². The molecule has 2 aromatic carbocycles. The summed E-state index contributed by atoms with van der Waals surface area (Å²) < 4.78 is 33.6. The van der Waals surface area contributed by atoms with E-state index in [0.717, 1.165) is 10.2 Å². The maximum atomic E-state index is 12.6. The summed E-state index contributed by atoms with van der Waals surface area (Å²) in [5, 5.41) is 16.9. The molecule has 8 nitrogen and oxygen atoms in total. The van der Waals surface area contributed by atoms with Gasteiger partial charge in [0.05, 0.1) is 20.8 Å². The monoisotopic (exact) mass is 451 g/mol. The minimum Gasteiger partial charge on any atom is -0.360 e. The van der Waals surface area contributed by atoms with Crippen LogP contribution < -0.4 is 10.0 Å². The number of fused-ring (bicyclic) bond motifs is 1. The van der Waals surface area contributed by atoms with Gasteiger partial charge < -0.3 is 9.84 Å². The zero-order valence-corrected chi connectivity index (χ0v) is 18.2. The van der Waals surface area contributed by atoms with Crippen molar-refractivity contribution in [3.8, 4) is 6.07 Å². The van der Waals surface area contributed by atoms with Crippen molar-refractivity contribution in [2.45, 2.75) is 18.7 Å². The number of sulfonamides is 1. The first-order valence-corrected chi connectivity index (χ1v) is 11.5. The van der Waals surface area contributed by atoms with E-state index in [0.29, 0.717) is 27.5 Å². The van der Waals surface area contributed by atoms with Crippen LogP contribution in [0.25, 0.3) is 15.8 Å². The molecular formula is C21H17N5O3S2. The average Bonchev–Trinajstić information content (AvgIpc) is 3.33. The summed E-state index contributed by atoms with van der Waals surface area (Å²) in [7, 11) is -3.82. The van der Waals surface area contributed by atoms with E-state index in [1.165, 1.54) is 23.5 Å². The Hall–Kier alpha value is -3.68. The van der Waals surface area contributed by atoms with Crippen LogP contribution in [-0.2, 0) is 10.0 Å². The number of allylic oxidation sites excluding steroid dienone is 1. The van der Waals surface area contributed by atoms with Gasteiger partial charge in [0.15, 0.2) is 0 Å². The molecule has 0 unspecified atom stereocenters. The molecule has 0 aliphatic carbocycles. The molecule has 0 bridgehead atoms. The molecule has 0 amide bonds. The highest BCUT2D eigenvalue weighted by molar-refractivity contribution is 7.92. The largest absolute Gasteiger partial charge is 0.360 e. The standard InChI is InChI=1S/C21H17N5O3S2/c1-13-14(2)25-29-20(13)26-31(27,28)17-9-7-16(8-10-17)23-12-15(11-22)21-24-18-5-3-4-6-19(18)30-21/h3-10,12,23,26H,1-2H3/b15-12+. The third kappa shape index (κ3) is 4.28. The van der Waals surface area contributed by atoms with Crippen LogP contribution in [0, 0.1) is 25.2 Å². The van der Waals surface area contributed by atoms with E-state index in [9.17, 15) is 13.7 Å². The lowest BCUT2D eigenvalue weighted by molar-refractivity contribution is 0.430. The second-order valence-electron chi connectivity index (χ2n) is 6.65. The van der Waals surface area contributed by atoms with Crippen LogP contribution in [0.3, 0.4) is 0 Å². The highest BCUT2D eigenvalue weighted by Gasteiger charge is 2.19. The Kier molecular flexibility index (Phi) is 5.46. The number of nitriles is 1. The number of para-hydroxylation sites is 1. The van der Waals surface area contributed by atoms with Crippen LogP contribution in [-0.4, -0.2) is 18.6 Å². The normalized spacial score (nSPS) is 12.0. The van der Waals surface area contributed by atoms with Gasteiger partial charge in [0.25, 0.3) is 10.0 Å². The van der Waals surface area contributed by atoms with Crippen molar-refractivity contribution in [2.24, 2.45) is 0 Å². The van der Waals surface area contributed by atoms with E-state index in [1.54, 1.807) is 32.2 Å². The molecule has 0 aliphatic heterocycles.